The van der Waals surface area contributed by atoms with Crippen LogP contribution in [0.1, 0.15) is 26.7 Å². The molecule has 6 nitrogen and oxygen atoms in total. The molecule has 1 saturated heterocycles. The van der Waals surface area contributed by atoms with Gasteiger partial charge in [0.1, 0.15) is 6.10 Å². The van der Waals surface area contributed by atoms with Crippen LogP contribution in [-0.2, 0) is 9.47 Å². The first-order chi connectivity index (χ1) is 12.7. The van der Waals surface area contributed by atoms with Crippen molar-refractivity contribution in [1.29, 1.82) is 0 Å². The Morgan fingerprint density at radius 2 is 2.23 bits per heavy atom. The molecule has 2 rings (SSSR count). The standard InChI is InChI=1S/C19H30FN3O3/c1-3-21-19(22-10-6-11-25-16-9-12-24-14-16)23-13-15(2)26-18-8-5-4-7-17(18)20/h4-5,7-8,15-16H,3,6,9-14H2,1-2H3,(H2,21,22,23). The fourth-order valence-electron chi connectivity index (χ4n) is 2.53. The normalized spacial score (nSPS) is 18.6. The van der Waals surface area contributed by atoms with Crippen LogP contribution in [0, 0.1) is 5.82 Å². The van der Waals surface area contributed by atoms with E-state index in [2.05, 4.69) is 15.6 Å². The molecule has 2 N–H and O–H groups in total. The minimum Gasteiger partial charge on any atom is -0.486 e. The number of benzene rings is 1. The highest BCUT2D eigenvalue weighted by Gasteiger charge is 2.15. The number of aliphatic imine (C=N–C) groups is 1. The SMILES string of the molecule is CCNC(=NCC(C)Oc1ccccc1F)NCCCOC1CCOC1. The van der Waals surface area contributed by atoms with Crippen molar-refractivity contribution in [2.75, 3.05) is 39.5 Å². The lowest BCUT2D eigenvalue weighted by Gasteiger charge is -2.16. The van der Waals surface area contributed by atoms with Crippen molar-refractivity contribution in [3.05, 3.63) is 30.1 Å². The zero-order valence-electron chi connectivity index (χ0n) is 15.7. The highest BCUT2D eigenvalue weighted by atomic mass is 19.1. The van der Waals surface area contributed by atoms with E-state index >= 15 is 0 Å². The first kappa shape index (κ1) is 20.5. The Kier molecular flexibility index (Phi) is 9.20. The number of nitrogens with one attached hydrogen (secondary N) is 2. The molecule has 0 saturated carbocycles. The number of rotatable bonds is 10. The Balaban J connectivity index is 1.68. The fourth-order valence-corrected chi connectivity index (χ4v) is 2.53. The van der Waals surface area contributed by atoms with Crippen LogP contribution in [0.5, 0.6) is 5.75 Å². The first-order valence-corrected chi connectivity index (χ1v) is 9.31. The van der Waals surface area contributed by atoms with E-state index in [4.69, 9.17) is 14.2 Å². The Hall–Kier alpha value is -1.86. The third-order valence-corrected chi connectivity index (χ3v) is 3.87. The lowest BCUT2D eigenvalue weighted by Crippen LogP contribution is -2.39. The quantitative estimate of drug-likeness (QED) is 0.378. The molecule has 1 heterocycles. The van der Waals surface area contributed by atoms with Gasteiger partial charge < -0.3 is 24.8 Å². The summed E-state index contributed by atoms with van der Waals surface area (Å²) < 4.78 is 30.2. The Morgan fingerprint density at radius 1 is 1.38 bits per heavy atom. The third-order valence-electron chi connectivity index (χ3n) is 3.87. The van der Waals surface area contributed by atoms with E-state index in [1.54, 1.807) is 18.2 Å². The summed E-state index contributed by atoms with van der Waals surface area (Å²) in [5.74, 6) is 0.614. The highest BCUT2D eigenvalue weighted by molar-refractivity contribution is 5.79. The number of hydrogen-bond acceptors (Lipinski definition) is 4. The van der Waals surface area contributed by atoms with E-state index in [-0.39, 0.29) is 23.8 Å². The second-order valence-corrected chi connectivity index (χ2v) is 6.22. The monoisotopic (exact) mass is 367 g/mol. The van der Waals surface area contributed by atoms with E-state index in [0.717, 1.165) is 38.5 Å². The van der Waals surface area contributed by atoms with Crippen molar-refractivity contribution >= 4 is 5.96 Å². The predicted octanol–water partition coefficient (Wildman–Crippen LogP) is 2.34. The molecule has 1 aromatic carbocycles. The van der Waals surface area contributed by atoms with Crippen molar-refractivity contribution in [1.82, 2.24) is 10.6 Å². The van der Waals surface area contributed by atoms with Crippen molar-refractivity contribution in [3.63, 3.8) is 0 Å². The maximum atomic E-state index is 13.6. The smallest absolute Gasteiger partial charge is 0.191 e. The topological polar surface area (TPSA) is 64.1 Å². The average molecular weight is 367 g/mol. The van der Waals surface area contributed by atoms with Crippen LogP contribution >= 0.6 is 0 Å². The molecule has 0 aliphatic carbocycles. The zero-order chi connectivity index (χ0) is 18.6. The molecule has 1 aliphatic rings. The van der Waals surface area contributed by atoms with Gasteiger partial charge in [0, 0.05) is 26.3 Å². The van der Waals surface area contributed by atoms with Gasteiger partial charge >= 0.3 is 0 Å². The summed E-state index contributed by atoms with van der Waals surface area (Å²) in [6.07, 6.45) is 1.89. The first-order valence-electron chi connectivity index (χ1n) is 9.31. The van der Waals surface area contributed by atoms with E-state index in [9.17, 15) is 4.39 Å². The number of hydrogen-bond donors (Lipinski definition) is 2. The van der Waals surface area contributed by atoms with Crippen LogP contribution in [0.15, 0.2) is 29.3 Å². The number of nitrogens with zero attached hydrogens (tertiary/aromatic N) is 1. The van der Waals surface area contributed by atoms with Gasteiger partial charge in [-0.3, -0.25) is 0 Å². The van der Waals surface area contributed by atoms with Crippen molar-refractivity contribution in [2.24, 2.45) is 4.99 Å². The van der Waals surface area contributed by atoms with Gasteiger partial charge in [0.15, 0.2) is 17.5 Å². The van der Waals surface area contributed by atoms with E-state index < -0.39 is 0 Å². The van der Waals surface area contributed by atoms with Gasteiger partial charge in [0.05, 0.1) is 19.3 Å². The lowest BCUT2D eigenvalue weighted by molar-refractivity contribution is 0.0420. The van der Waals surface area contributed by atoms with Crippen LogP contribution in [-0.4, -0.2) is 57.6 Å². The number of halogens is 1. The number of guanidine groups is 1. The van der Waals surface area contributed by atoms with Crippen molar-refractivity contribution in [3.8, 4) is 5.75 Å². The maximum absolute atomic E-state index is 13.6. The molecule has 7 heteroatoms. The second-order valence-electron chi connectivity index (χ2n) is 6.22. The van der Waals surface area contributed by atoms with Gasteiger partial charge in [0.25, 0.3) is 0 Å². The van der Waals surface area contributed by atoms with Gasteiger partial charge in [-0.15, -0.1) is 0 Å². The molecule has 1 aromatic rings. The molecule has 1 fully saturated rings. The van der Waals surface area contributed by atoms with Crippen LogP contribution in [0.3, 0.4) is 0 Å². The summed E-state index contributed by atoms with van der Waals surface area (Å²) in [6.45, 7) is 8.06. The van der Waals surface area contributed by atoms with Crippen LogP contribution < -0.4 is 15.4 Å². The summed E-state index contributed by atoms with van der Waals surface area (Å²) in [4.78, 5) is 4.50. The average Bonchev–Trinajstić information content (AvgIpc) is 3.15. The largest absolute Gasteiger partial charge is 0.486 e. The van der Waals surface area contributed by atoms with E-state index in [1.807, 2.05) is 13.8 Å². The number of para-hydroxylation sites is 1. The molecule has 0 amide bonds. The van der Waals surface area contributed by atoms with Crippen LogP contribution in [0.4, 0.5) is 4.39 Å². The number of ether oxygens (including phenoxy) is 3. The van der Waals surface area contributed by atoms with Crippen molar-refractivity contribution < 1.29 is 18.6 Å². The zero-order valence-corrected chi connectivity index (χ0v) is 15.7. The summed E-state index contributed by atoms with van der Waals surface area (Å²) in [7, 11) is 0. The minimum absolute atomic E-state index is 0.229. The minimum atomic E-state index is -0.360. The Morgan fingerprint density at radius 3 is 2.96 bits per heavy atom. The van der Waals surface area contributed by atoms with E-state index in [1.165, 1.54) is 6.07 Å². The van der Waals surface area contributed by atoms with Gasteiger partial charge in [-0.05, 0) is 38.8 Å². The van der Waals surface area contributed by atoms with Gasteiger partial charge in [0.2, 0.25) is 0 Å². The van der Waals surface area contributed by atoms with Crippen LogP contribution in [0.2, 0.25) is 0 Å². The third kappa shape index (κ3) is 7.58. The fraction of sp³-hybridized carbons (Fsp3) is 0.632. The molecule has 2 atom stereocenters. The Bertz CT molecular complexity index is 551. The van der Waals surface area contributed by atoms with Crippen molar-refractivity contribution in [2.45, 2.75) is 38.9 Å². The highest BCUT2D eigenvalue weighted by Crippen LogP contribution is 2.17. The van der Waals surface area contributed by atoms with Gasteiger partial charge in [-0.25, -0.2) is 9.38 Å². The Labute approximate surface area is 155 Å². The molecule has 26 heavy (non-hydrogen) atoms. The van der Waals surface area contributed by atoms with Gasteiger partial charge in [-0.1, -0.05) is 12.1 Å². The molecule has 146 valence electrons. The summed E-state index contributed by atoms with van der Waals surface area (Å²) in [5, 5.41) is 6.47. The molecule has 2 unspecified atom stereocenters. The molecule has 0 bridgehead atoms. The molecule has 1 aliphatic heterocycles. The summed E-state index contributed by atoms with van der Waals surface area (Å²) in [6, 6.07) is 6.40. The molecular formula is C19H30FN3O3. The van der Waals surface area contributed by atoms with Gasteiger partial charge in [-0.2, -0.15) is 0 Å². The lowest BCUT2D eigenvalue weighted by atomic mass is 10.3. The molecule has 0 radical (unpaired) electrons. The maximum Gasteiger partial charge on any atom is 0.191 e. The summed E-state index contributed by atoms with van der Waals surface area (Å²) >= 11 is 0. The van der Waals surface area contributed by atoms with Crippen LogP contribution in [0.25, 0.3) is 0 Å². The van der Waals surface area contributed by atoms with E-state index in [0.29, 0.717) is 19.8 Å². The predicted molar refractivity (Wildman–Crippen MR) is 100 cm³/mol. The molecule has 0 aromatic heterocycles. The second kappa shape index (κ2) is 11.7. The summed E-state index contributed by atoms with van der Waals surface area (Å²) in [5.41, 5.74) is 0. The molecular weight excluding hydrogens is 337 g/mol. The molecule has 0 spiro atoms.